The van der Waals surface area contributed by atoms with E-state index in [0.717, 1.165) is 18.5 Å². The average Bonchev–Trinajstić information content (AvgIpc) is 2.33. The monoisotopic (exact) mass is 138 g/mol. The highest BCUT2D eigenvalue weighted by Crippen LogP contribution is 2.27. The first-order valence-corrected chi connectivity index (χ1v) is 3.85. The zero-order valence-corrected chi connectivity index (χ0v) is 6.89. The zero-order chi connectivity index (χ0) is 7.61. The molecule has 0 amide bonds. The van der Waals surface area contributed by atoms with E-state index >= 15 is 0 Å². The van der Waals surface area contributed by atoms with Crippen LogP contribution in [0.3, 0.4) is 0 Å². The second kappa shape index (κ2) is 2.52. The standard InChI is InChI=1S/C8H14N2/c1-4-7-6-8(3,5-2)10-9-7/h6H,4-5H2,1-3H3. The Balaban J connectivity index is 2.73. The van der Waals surface area contributed by atoms with Gasteiger partial charge in [-0.3, -0.25) is 0 Å². The van der Waals surface area contributed by atoms with Gasteiger partial charge in [0.15, 0.2) is 0 Å². The topological polar surface area (TPSA) is 24.7 Å². The van der Waals surface area contributed by atoms with E-state index in [4.69, 9.17) is 0 Å². The van der Waals surface area contributed by atoms with Crippen LogP contribution < -0.4 is 0 Å². The van der Waals surface area contributed by atoms with E-state index in [9.17, 15) is 0 Å². The van der Waals surface area contributed by atoms with Crippen LogP contribution in [0.4, 0.5) is 0 Å². The van der Waals surface area contributed by atoms with Gasteiger partial charge in [-0.05, 0) is 25.8 Å². The summed E-state index contributed by atoms with van der Waals surface area (Å²) in [5.74, 6) is 0. The van der Waals surface area contributed by atoms with Gasteiger partial charge in [-0.2, -0.15) is 10.2 Å². The highest BCUT2D eigenvalue weighted by Gasteiger charge is 2.22. The minimum Gasteiger partial charge on any atom is -0.178 e. The molecule has 1 atom stereocenters. The number of nitrogens with zero attached hydrogens (tertiary/aromatic N) is 2. The third-order valence-electron chi connectivity index (χ3n) is 1.96. The third-order valence-corrected chi connectivity index (χ3v) is 1.96. The molecule has 1 unspecified atom stereocenters. The molecule has 2 heteroatoms. The first-order valence-electron chi connectivity index (χ1n) is 3.85. The predicted molar refractivity (Wildman–Crippen MR) is 41.9 cm³/mol. The number of hydrogen-bond donors (Lipinski definition) is 0. The summed E-state index contributed by atoms with van der Waals surface area (Å²) in [6, 6.07) is 0. The predicted octanol–water partition coefficient (Wildman–Crippen LogP) is 2.91. The van der Waals surface area contributed by atoms with Crippen LogP contribution in [0, 0.1) is 0 Å². The van der Waals surface area contributed by atoms with E-state index in [1.165, 1.54) is 0 Å². The molecular weight excluding hydrogens is 124 g/mol. The van der Waals surface area contributed by atoms with Gasteiger partial charge in [0.1, 0.15) is 0 Å². The maximum atomic E-state index is 4.17. The van der Waals surface area contributed by atoms with Gasteiger partial charge in [-0.15, -0.1) is 0 Å². The highest BCUT2D eigenvalue weighted by molar-refractivity contribution is 5.15. The second-order valence-electron chi connectivity index (χ2n) is 2.90. The van der Waals surface area contributed by atoms with Crippen molar-refractivity contribution in [1.82, 2.24) is 0 Å². The van der Waals surface area contributed by atoms with Gasteiger partial charge < -0.3 is 0 Å². The minimum absolute atomic E-state index is 0.00530. The molecular formula is C8H14N2. The normalized spacial score (nSPS) is 30.9. The Hall–Kier alpha value is -0.660. The Morgan fingerprint density at radius 3 is 2.50 bits per heavy atom. The Morgan fingerprint density at radius 2 is 2.20 bits per heavy atom. The molecule has 1 aliphatic rings. The Kier molecular flexibility index (Phi) is 1.88. The van der Waals surface area contributed by atoms with Crippen LogP contribution in [0.15, 0.2) is 22.0 Å². The molecule has 0 aromatic rings. The van der Waals surface area contributed by atoms with Crippen molar-refractivity contribution in [2.45, 2.75) is 39.2 Å². The van der Waals surface area contributed by atoms with Gasteiger partial charge in [-0.1, -0.05) is 13.8 Å². The second-order valence-corrected chi connectivity index (χ2v) is 2.90. The molecule has 0 aliphatic carbocycles. The van der Waals surface area contributed by atoms with E-state index in [1.807, 2.05) is 0 Å². The van der Waals surface area contributed by atoms with Crippen LogP contribution in [-0.4, -0.2) is 5.54 Å². The maximum Gasteiger partial charge on any atom is 0.0990 e. The van der Waals surface area contributed by atoms with Gasteiger partial charge in [0.25, 0.3) is 0 Å². The average molecular weight is 138 g/mol. The summed E-state index contributed by atoms with van der Waals surface area (Å²) in [6.45, 7) is 6.35. The Labute approximate surface area is 62.0 Å². The fraction of sp³-hybridized carbons (Fsp3) is 0.750. The molecule has 1 rings (SSSR count). The molecule has 0 N–H and O–H groups in total. The van der Waals surface area contributed by atoms with Crippen LogP contribution in [0.1, 0.15) is 33.6 Å². The molecule has 0 fully saturated rings. The van der Waals surface area contributed by atoms with Gasteiger partial charge in [0, 0.05) is 0 Å². The van der Waals surface area contributed by atoms with Crippen LogP contribution >= 0.6 is 0 Å². The first kappa shape index (κ1) is 7.45. The lowest BCUT2D eigenvalue weighted by molar-refractivity contribution is 0.558. The lowest BCUT2D eigenvalue weighted by atomic mass is 10.00. The van der Waals surface area contributed by atoms with Gasteiger partial charge in [-0.25, -0.2) is 0 Å². The first-order chi connectivity index (χ1) is 4.70. The summed E-state index contributed by atoms with van der Waals surface area (Å²) in [5, 5.41) is 8.24. The molecule has 0 spiro atoms. The van der Waals surface area contributed by atoms with E-state index < -0.39 is 0 Å². The van der Waals surface area contributed by atoms with Crippen molar-refractivity contribution in [3.8, 4) is 0 Å². The zero-order valence-electron chi connectivity index (χ0n) is 6.89. The van der Waals surface area contributed by atoms with Crippen molar-refractivity contribution < 1.29 is 0 Å². The molecule has 0 saturated heterocycles. The Morgan fingerprint density at radius 1 is 1.50 bits per heavy atom. The molecule has 2 nitrogen and oxygen atoms in total. The lowest BCUT2D eigenvalue weighted by Crippen LogP contribution is -2.13. The number of rotatable bonds is 2. The van der Waals surface area contributed by atoms with E-state index in [2.05, 4.69) is 37.1 Å². The van der Waals surface area contributed by atoms with Crippen molar-refractivity contribution in [1.29, 1.82) is 0 Å². The molecule has 0 bridgehead atoms. The molecule has 0 aromatic carbocycles. The van der Waals surface area contributed by atoms with Gasteiger partial charge >= 0.3 is 0 Å². The SMILES string of the molecule is CCC1=CC(C)(CC)N=N1. The lowest BCUT2D eigenvalue weighted by Gasteiger charge is -2.11. The summed E-state index contributed by atoms with van der Waals surface area (Å²) >= 11 is 0. The van der Waals surface area contributed by atoms with E-state index in [0.29, 0.717) is 0 Å². The third kappa shape index (κ3) is 1.25. The smallest absolute Gasteiger partial charge is 0.0990 e. The fourth-order valence-electron chi connectivity index (χ4n) is 0.941. The summed E-state index contributed by atoms with van der Waals surface area (Å²) in [5.41, 5.74) is 1.13. The molecule has 56 valence electrons. The molecule has 1 heterocycles. The van der Waals surface area contributed by atoms with Gasteiger partial charge in [0.2, 0.25) is 0 Å². The summed E-state index contributed by atoms with van der Waals surface area (Å²) < 4.78 is 0. The number of azo groups is 1. The van der Waals surface area contributed by atoms with Crippen molar-refractivity contribution in [3.05, 3.63) is 11.8 Å². The molecule has 0 saturated carbocycles. The van der Waals surface area contributed by atoms with Crippen molar-refractivity contribution in [2.75, 3.05) is 0 Å². The molecule has 0 radical (unpaired) electrons. The van der Waals surface area contributed by atoms with Crippen LogP contribution in [-0.2, 0) is 0 Å². The van der Waals surface area contributed by atoms with Crippen LogP contribution in [0.2, 0.25) is 0 Å². The van der Waals surface area contributed by atoms with Crippen LogP contribution in [0.5, 0.6) is 0 Å². The fourth-order valence-corrected chi connectivity index (χ4v) is 0.941. The summed E-state index contributed by atoms with van der Waals surface area (Å²) in [4.78, 5) is 0. The van der Waals surface area contributed by atoms with Crippen molar-refractivity contribution >= 4 is 0 Å². The molecule has 10 heavy (non-hydrogen) atoms. The summed E-state index contributed by atoms with van der Waals surface area (Å²) in [7, 11) is 0. The van der Waals surface area contributed by atoms with E-state index in [-0.39, 0.29) is 5.54 Å². The van der Waals surface area contributed by atoms with Crippen molar-refractivity contribution in [2.24, 2.45) is 10.2 Å². The minimum atomic E-state index is 0.00530. The summed E-state index contributed by atoms with van der Waals surface area (Å²) in [6.07, 6.45) is 4.20. The quantitative estimate of drug-likeness (QED) is 0.560. The van der Waals surface area contributed by atoms with Gasteiger partial charge in [0.05, 0.1) is 11.2 Å². The Bertz CT molecular complexity index is 182. The van der Waals surface area contributed by atoms with Crippen molar-refractivity contribution in [3.63, 3.8) is 0 Å². The number of hydrogen-bond acceptors (Lipinski definition) is 2. The van der Waals surface area contributed by atoms with E-state index in [1.54, 1.807) is 0 Å². The molecule has 0 aromatic heterocycles. The largest absolute Gasteiger partial charge is 0.178 e. The maximum absolute atomic E-state index is 4.17. The number of allylic oxidation sites excluding steroid dienone is 1. The molecule has 1 aliphatic heterocycles. The van der Waals surface area contributed by atoms with Crippen LogP contribution in [0.25, 0.3) is 0 Å². The highest BCUT2D eigenvalue weighted by atomic mass is 15.2.